The van der Waals surface area contributed by atoms with Crippen molar-refractivity contribution in [2.45, 2.75) is 30.2 Å². The Balaban J connectivity index is 2.10. The Morgan fingerprint density at radius 2 is 1.68 bits per heavy atom. The first kappa shape index (κ1) is 27.5. The van der Waals surface area contributed by atoms with Gasteiger partial charge in [0.1, 0.15) is 23.2 Å². The molecule has 0 fully saturated rings. The normalized spacial score (nSPS) is 13.3. The van der Waals surface area contributed by atoms with Crippen LogP contribution in [0.4, 0.5) is 26.3 Å². The van der Waals surface area contributed by atoms with Crippen molar-refractivity contribution in [3.63, 3.8) is 0 Å². The predicted octanol–water partition coefficient (Wildman–Crippen LogP) is 1.93. The summed E-state index contributed by atoms with van der Waals surface area (Å²) < 4.78 is 114. The van der Waals surface area contributed by atoms with E-state index in [0.717, 1.165) is 23.4 Å². The van der Waals surface area contributed by atoms with E-state index in [4.69, 9.17) is 5.73 Å². The molecule has 37 heavy (non-hydrogen) atoms. The second kappa shape index (κ2) is 9.39. The van der Waals surface area contributed by atoms with Gasteiger partial charge in [0.25, 0.3) is 21.9 Å². The third-order valence-corrected chi connectivity index (χ3v) is 5.54. The maximum Gasteiger partial charge on any atom is 0.418 e. The fourth-order valence-corrected chi connectivity index (χ4v) is 3.87. The first-order valence-corrected chi connectivity index (χ1v) is 11.0. The highest BCUT2D eigenvalue weighted by Crippen LogP contribution is 2.41. The second-order valence-corrected chi connectivity index (χ2v) is 8.61. The summed E-state index contributed by atoms with van der Waals surface area (Å²) in [7, 11) is -5.86. The van der Waals surface area contributed by atoms with Gasteiger partial charge in [-0.15, -0.1) is 0 Å². The van der Waals surface area contributed by atoms with Gasteiger partial charge in [0.2, 0.25) is 0 Å². The van der Waals surface area contributed by atoms with Gasteiger partial charge < -0.3 is 11.1 Å². The number of nitrogens with two attached hydrogens (primary N) is 1. The van der Waals surface area contributed by atoms with Gasteiger partial charge in [-0.1, -0.05) is 0 Å². The van der Waals surface area contributed by atoms with Crippen LogP contribution in [0.15, 0.2) is 35.7 Å². The number of aromatic nitrogens is 5. The van der Waals surface area contributed by atoms with Crippen LogP contribution in [0.5, 0.6) is 0 Å². The maximum atomic E-state index is 13.7. The molecule has 0 spiro atoms. The van der Waals surface area contributed by atoms with Crippen molar-refractivity contribution in [1.82, 2.24) is 30.0 Å². The predicted molar refractivity (Wildman–Crippen MR) is 108 cm³/mol. The molecule has 2 amide bonds. The fraction of sp³-hybridized carbons (Fsp3) is 0.222. The Morgan fingerprint density at radius 3 is 2.22 bits per heavy atom. The smallest absolute Gasteiger partial charge is 0.364 e. The molecule has 4 N–H and O–H groups in total. The van der Waals surface area contributed by atoms with Crippen LogP contribution in [0.3, 0.4) is 0 Å². The van der Waals surface area contributed by atoms with E-state index >= 15 is 0 Å². The summed E-state index contributed by atoms with van der Waals surface area (Å²) in [6.07, 6.45) is -9.18. The second-order valence-electron chi connectivity index (χ2n) is 7.22. The van der Waals surface area contributed by atoms with Crippen LogP contribution in [-0.4, -0.2) is 49.5 Å². The molecule has 198 valence electrons. The summed E-state index contributed by atoms with van der Waals surface area (Å²) in [4.78, 5) is 33.2. The van der Waals surface area contributed by atoms with Crippen molar-refractivity contribution in [2.24, 2.45) is 5.73 Å². The van der Waals surface area contributed by atoms with Gasteiger partial charge in [-0.25, -0.2) is 15.0 Å². The molecule has 2 heterocycles. The molecule has 3 rings (SSSR count). The standard InChI is InChI=1S/C18H13F6N7O5S/c1-7(15-28-6-29-31(15)12-4-10(14(25)32)26-5-27-12)30-16(33)9-2-8(17(19,20)21)3-11(37(34,35)36)13(9)18(22,23)24/h2-7H,1H3,(H2,25,32)(H,30,33)(H,34,35,36)/t7-/m0/s1. The molecule has 0 saturated carbocycles. The number of amides is 2. The number of nitrogens with one attached hydrogen (secondary N) is 1. The van der Waals surface area contributed by atoms with E-state index in [0.29, 0.717) is 0 Å². The lowest BCUT2D eigenvalue weighted by atomic mass is 10.0. The first-order valence-electron chi connectivity index (χ1n) is 9.54. The van der Waals surface area contributed by atoms with Crippen LogP contribution in [-0.2, 0) is 22.5 Å². The number of primary amides is 1. The highest BCUT2D eigenvalue weighted by Gasteiger charge is 2.44. The van der Waals surface area contributed by atoms with E-state index in [1.807, 2.05) is 5.32 Å². The summed E-state index contributed by atoms with van der Waals surface area (Å²) in [5, 5.41) is 5.78. The van der Waals surface area contributed by atoms with Gasteiger partial charge in [0, 0.05) is 6.07 Å². The quantitative estimate of drug-likeness (QED) is 0.303. The monoisotopic (exact) mass is 553 g/mol. The van der Waals surface area contributed by atoms with Gasteiger partial charge in [-0.2, -0.15) is 44.5 Å². The minimum atomic E-state index is -5.86. The molecule has 0 aliphatic carbocycles. The van der Waals surface area contributed by atoms with Crippen molar-refractivity contribution in [3.8, 4) is 5.82 Å². The lowest BCUT2D eigenvalue weighted by Gasteiger charge is -2.20. The van der Waals surface area contributed by atoms with Crippen molar-refractivity contribution >= 4 is 21.9 Å². The summed E-state index contributed by atoms with van der Waals surface area (Å²) >= 11 is 0. The molecule has 0 radical (unpaired) electrons. The number of hydrogen-bond acceptors (Lipinski definition) is 8. The van der Waals surface area contributed by atoms with Crippen LogP contribution >= 0.6 is 0 Å². The Kier molecular flexibility index (Phi) is 6.97. The van der Waals surface area contributed by atoms with E-state index in [-0.39, 0.29) is 23.4 Å². The fourth-order valence-electron chi connectivity index (χ4n) is 3.11. The number of rotatable bonds is 6. The number of carbonyl (C=O) groups is 2. The van der Waals surface area contributed by atoms with Crippen LogP contribution in [0.2, 0.25) is 0 Å². The lowest BCUT2D eigenvalue weighted by molar-refractivity contribution is -0.143. The van der Waals surface area contributed by atoms with Crippen molar-refractivity contribution in [1.29, 1.82) is 0 Å². The molecule has 0 saturated heterocycles. The number of nitrogens with zero attached hydrogens (tertiary/aromatic N) is 5. The van der Waals surface area contributed by atoms with Crippen LogP contribution < -0.4 is 11.1 Å². The average molecular weight is 553 g/mol. The molecule has 0 unspecified atom stereocenters. The number of alkyl halides is 6. The summed E-state index contributed by atoms with van der Waals surface area (Å²) in [5.74, 6) is -3.05. The number of halogens is 6. The SMILES string of the molecule is C[C@H](NC(=O)c1cc(C(F)(F)F)cc(S(=O)(=O)O)c1C(F)(F)F)c1ncnn1-c1cc(C(N)=O)ncn1. The van der Waals surface area contributed by atoms with E-state index in [1.165, 1.54) is 6.92 Å². The van der Waals surface area contributed by atoms with Gasteiger partial charge in [-0.3, -0.25) is 14.1 Å². The minimum Gasteiger partial charge on any atom is -0.364 e. The van der Waals surface area contributed by atoms with E-state index in [9.17, 15) is 48.9 Å². The maximum absolute atomic E-state index is 13.7. The summed E-state index contributed by atoms with van der Waals surface area (Å²) in [5.41, 5.74) is -1.09. The zero-order chi connectivity index (χ0) is 27.9. The summed E-state index contributed by atoms with van der Waals surface area (Å²) in [6.45, 7) is 1.17. The Morgan fingerprint density at radius 1 is 1.03 bits per heavy atom. The molecule has 3 aromatic rings. The third-order valence-electron chi connectivity index (χ3n) is 4.67. The largest absolute Gasteiger partial charge is 0.418 e. The first-order chi connectivity index (χ1) is 16.9. The van der Waals surface area contributed by atoms with Gasteiger partial charge in [0.15, 0.2) is 11.6 Å². The number of carbonyl (C=O) groups excluding carboxylic acids is 2. The number of hydrogen-bond donors (Lipinski definition) is 3. The Labute approximate surface area is 202 Å². The zero-order valence-electron chi connectivity index (χ0n) is 18.0. The zero-order valence-corrected chi connectivity index (χ0v) is 18.9. The van der Waals surface area contributed by atoms with Gasteiger partial charge in [-0.05, 0) is 19.1 Å². The molecule has 0 bridgehead atoms. The van der Waals surface area contributed by atoms with Crippen molar-refractivity contribution in [2.75, 3.05) is 0 Å². The van der Waals surface area contributed by atoms with E-state index < -0.39 is 68.0 Å². The molecule has 2 aromatic heterocycles. The summed E-state index contributed by atoms with van der Waals surface area (Å²) in [6, 6.07) is -0.928. The average Bonchev–Trinajstić information content (AvgIpc) is 3.26. The third kappa shape index (κ3) is 5.82. The van der Waals surface area contributed by atoms with E-state index in [2.05, 4.69) is 20.1 Å². The lowest BCUT2D eigenvalue weighted by Crippen LogP contribution is -2.32. The molecule has 12 nitrogen and oxygen atoms in total. The highest BCUT2D eigenvalue weighted by molar-refractivity contribution is 7.85. The van der Waals surface area contributed by atoms with Crippen LogP contribution in [0.1, 0.15) is 50.8 Å². The minimum absolute atomic E-state index is 0.110. The molecule has 1 atom stereocenters. The van der Waals surface area contributed by atoms with Crippen LogP contribution in [0, 0.1) is 0 Å². The van der Waals surface area contributed by atoms with Gasteiger partial charge in [0.05, 0.1) is 22.7 Å². The topological polar surface area (TPSA) is 183 Å². The molecular weight excluding hydrogens is 540 g/mol. The molecule has 19 heteroatoms. The highest BCUT2D eigenvalue weighted by atomic mass is 32.2. The van der Waals surface area contributed by atoms with Crippen LogP contribution in [0.25, 0.3) is 5.82 Å². The Hall–Kier alpha value is -4.13. The number of benzene rings is 1. The van der Waals surface area contributed by atoms with Crippen molar-refractivity contribution < 1.29 is 48.9 Å². The molecule has 0 aliphatic heterocycles. The van der Waals surface area contributed by atoms with E-state index in [1.54, 1.807) is 0 Å². The molecule has 1 aromatic carbocycles. The van der Waals surface area contributed by atoms with Gasteiger partial charge >= 0.3 is 12.4 Å². The molecular formula is C18H13F6N7O5S. The van der Waals surface area contributed by atoms with Crippen molar-refractivity contribution in [3.05, 3.63) is 59.1 Å². The Bertz CT molecular complexity index is 1490. The molecule has 0 aliphatic rings.